The Morgan fingerprint density at radius 1 is 0.875 bits per heavy atom. The van der Waals surface area contributed by atoms with Crippen molar-refractivity contribution in [1.82, 2.24) is 0 Å². The van der Waals surface area contributed by atoms with Gasteiger partial charge in [-0.1, -0.05) is 24.3 Å². The summed E-state index contributed by atoms with van der Waals surface area (Å²) in [5.41, 5.74) is 2.93. The number of ether oxygens (including phenoxy) is 1. The average molecular weight is 443 g/mol. The Morgan fingerprint density at radius 2 is 1.53 bits per heavy atom. The Balaban J connectivity index is 1.56. The van der Waals surface area contributed by atoms with Gasteiger partial charge in [-0.05, 0) is 61.0 Å². The van der Waals surface area contributed by atoms with E-state index >= 15 is 0 Å². The molecule has 2 amide bonds. The molecule has 0 atom stereocenters. The number of carbonyl (C=O) groups excluding carboxylic acids is 2. The second kappa shape index (κ2) is 9.86. The fourth-order valence-corrected chi connectivity index (χ4v) is 2.80. The summed E-state index contributed by atoms with van der Waals surface area (Å²) in [6.07, 6.45) is -4.78. The van der Waals surface area contributed by atoms with Crippen LogP contribution in [0.3, 0.4) is 0 Å². The van der Waals surface area contributed by atoms with Gasteiger partial charge < -0.3 is 20.7 Å². The van der Waals surface area contributed by atoms with Crippen LogP contribution in [0.2, 0.25) is 0 Å². The number of aryl methyl sites for hydroxylation is 1. The molecule has 0 aliphatic rings. The molecule has 0 aromatic heterocycles. The van der Waals surface area contributed by atoms with Gasteiger partial charge in [0.15, 0.2) is 0 Å². The zero-order valence-electron chi connectivity index (χ0n) is 17.0. The van der Waals surface area contributed by atoms with Gasteiger partial charge in [-0.2, -0.15) is 0 Å². The molecule has 0 aliphatic heterocycles. The van der Waals surface area contributed by atoms with Gasteiger partial charge in [-0.15, -0.1) is 13.2 Å². The third kappa shape index (κ3) is 6.76. The standard InChI is InChI=1S/C23H20F3N3O3/c1-15-7-8-18(29-22(31)16-5-3-2-4-6-16)13-20(15)27-14-21(30)28-17-9-11-19(12-10-17)32-23(24,25)26/h2-13,27H,14H2,1H3,(H,28,30)(H,29,31). The van der Waals surface area contributed by atoms with Gasteiger partial charge in [0.05, 0.1) is 6.54 Å². The molecular weight excluding hydrogens is 423 g/mol. The van der Waals surface area contributed by atoms with Crippen LogP contribution < -0.4 is 20.7 Å². The highest BCUT2D eigenvalue weighted by Crippen LogP contribution is 2.24. The van der Waals surface area contributed by atoms with Crippen LogP contribution in [0.15, 0.2) is 72.8 Å². The molecule has 0 bridgehead atoms. The fraction of sp³-hybridized carbons (Fsp3) is 0.130. The number of carbonyl (C=O) groups is 2. The minimum Gasteiger partial charge on any atom is -0.406 e. The van der Waals surface area contributed by atoms with Gasteiger partial charge in [-0.25, -0.2) is 0 Å². The molecule has 0 aliphatic carbocycles. The molecule has 0 unspecified atom stereocenters. The van der Waals surface area contributed by atoms with Gasteiger partial charge in [0.2, 0.25) is 5.91 Å². The predicted molar refractivity (Wildman–Crippen MR) is 116 cm³/mol. The summed E-state index contributed by atoms with van der Waals surface area (Å²) >= 11 is 0. The molecule has 166 valence electrons. The van der Waals surface area contributed by atoms with Crippen LogP contribution >= 0.6 is 0 Å². The third-order valence-corrected chi connectivity index (χ3v) is 4.34. The maximum Gasteiger partial charge on any atom is 0.573 e. The Morgan fingerprint density at radius 3 is 2.19 bits per heavy atom. The van der Waals surface area contributed by atoms with Crippen LogP contribution in [0.5, 0.6) is 5.75 Å². The number of halogens is 3. The van der Waals surface area contributed by atoms with E-state index in [1.54, 1.807) is 42.5 Å². The van der Waals surface area contributed by atoms with Gasteiger partial charge in [0.1, 0.15) is 5.75 Å². The maximum absolute atomic E-state index is 12.3. The van der Waals surface area contributed by atoms with E-state index in [4.69, 9.17) is 0 Å². The molecule has 6 nitrogen and oxygen atoms in total. The number of alkyl halides is 3. The van der Waals surface area contributed by atoms with Crippen molar-refractivity contribution in [1.29, 1.82) is 0 Å². The first-order chi connectivity index (χ1) is 15.2. The highest BCUT2D eigenvalue weighted by Gasteiger charge is 2.30. The Labute approximate surface area is 182 Å². The van der Waals surface area contributed by atoms with Crippen LogP contribution in [0.25, 0.3) is 0 Å². The van der Waals surface area contributed by atoms with Gasteiger partial charge in [-0.3, -0.25) is 9.59 Å². The number of benzene rings is 3. The molecule has 0 saturated carbocycles. The second-order valence-corrected chi connectivity index (χ2v) is 6.82. The summed E-state index contributed by atoms with van der Waals surface area (Å²) in [5.74, 6) is -1.03. The minimum atomic E-state index is -4.78. The predicted octanol–water partition coefficient (Wildman–Crippen LogP) is 5.20. The van der Waals surface area contributed by atoms with E-state index in [1.165, 1.54) is 12.1 Å². The van der Waals surface area contributed by atoms with Crippen molar-refractivity contribution in [3.05, 3.63) is 83.9 Å². The third-order valence-electron chi connectivity index (χ3n) is 4.34. The molecule has 0 heterocycles. The number of amides is 2. The van der Waals surface area contributed by atoms with E-state index in [-0.39, 0.29) is 18.2 Å². The average Bonchev–Trinajstić information content (AvgIpc) is 2.75. The number of anilines is 3. The second-order valence-electron chi connectivity index (χ2n) is 6.82. The fourth-order valence-electron chi connectivity index (χ4n) is 2.80. The minimum absolute atomic E-state index is 0.0856. The summed E-state index contributed by atoms with van der Waals surface area (Å²) in [5, 5.41) is 8.38. The Hall–Kier alpha value is -4.01. The van der Waals surface area contributed by atoms with Crippen molar-refractivity contribution in [2.45, 2.75) is 13.3 Å². The highest BCUT2D eigenvalue weighted by molar-refractivity contribution is 6.04. The van der Waals surface area contributed by atoms with Gasteiger partial charge in [0.25, 0.3) is 5.91 Å². The van der Waals surface area contributed by atoms with Crippen molar-refractivity contribution in [3.63, 3.8) is 0 Å². The number of hydrogen-bond donors (Lipinski definition) is 3. The van der Waals surface area contributed by atoms with Gasteiger partial charge in [0, 0.05) is 22.6 Å². The molecule has 0 spiro atoms. The summed E-state index contributed by atoms with van der Waals surface area (Å²) in [7, 11) is 0. The molecule has 3 rings (SSSR count). The zero-order chi connectivity index (χ0) is 23.1. The van der Waals surface area contributed by atoms with Crippen LogP contribution in [0, 0.1) is 6.92 Å². The number of hydrogen-bond acceptors (Lipinski definition) is 4. The molecule has 3 aromatic carbocycles. The van der Waals surface area contributed by atoms with Crippen molar-refractivity contribution < 1.29 is 27.5 Å². The van der Waals surface area contributed by atoms with Crippen LogP contribution in [0.4, 0.5) is 30.2 Å². The molecular formula is C23H20F3N3O3. The maximum atomic E-state index is 12.3. The molecule has 0 saturated heterocycles. The highest BCUT2D eigenvalue weighted by atomic mass is 19.4. The lowest BCUT2D eigenvalue weighted by Gasteiger charge is -2.13. The first-order valence-electron chi connectivity index (χ1n) is 9.56. The van der Waals surface area contributed by atoms with E-state index in [9.17, 15) is 22.8 Å². The van der Waals surface area contributed by atoms with Crippen molar-refractivity contribution >= 4 is 28.9 Å². The van der Waals surface area contributed by atoms with Gasteiger partial charge >= 0.3 is 6.36 Å². The monoisotopic (exact) mass is 443 g/mol. The Kier molecular flexibility index (Phi) is 6.99. The van der Waals surface area contributed by atoms with Crippen LogP contribution in [0.1, 0.15) is 15.9 Å². The van der Waals surface area contributed by atoms with Crippen LogP contribution in [-0.4, -0.2) is 24.7 Å². The number of rotatable bonds is 7. The Bertz CT molecular complexity index is 1090. The van der Waals surface area contributed by atoms with Crippen molar-refractivity contribution in [2.75, 3.05) is 22.5 Å². The zero-order valence-corrected chi connectivity index (χ0v) is 17.0. The normalized spacial score (nSPS) is 10.9. The lowest BCUT2D eigenvalue weighted by Crippen LogP contribution is -2.22. The molecule has 3 N–H and O–H groups in total. The van der Waals surface area contributed by atoms with Crippen LogP contribution in [-0.2, 0) is 4.79 Å². The first-order valence-corrected chi connectivity index (χ1v) is 9.56. The van der Waals surface area contributed by atoms with Crippen molar-refractivity contribution in [2.24, 2.45) is 0 Å². The molecule has 32 heavy (non-hydrogen) atoms. The lowest BCUT2D eigenvalue weighted by atomic mass is 10.1. The van der Waals surface area contributed by atoms with E-state index < -0.39 is 12.3 Å². The SMILES string of the molecule is Cc1ccc(NC(=O)c2ccccc2)cc1NCC(=O)Nc1ccc(OC(F)(F)F)cc1. The quantitative estimate of drug-likeness (QED) is 0.469. The summed E-state index contributed by atoms with van der Waals surface area (Å²) in [6.45, 7) is 1.76. The van der Waals surface area contributed by atoms with E-state index in [2.05, 4.69) is 20.7 Å². The summed E-state index contributed by atoms with van der Waals surface area (Å²) < 4.78 is 40.4. The van der Waals surface area contributed by atoms with Crippen molar-refractivity contribution in [3.8, 4) is 5.75 Å². The molecule has 0 fully saturated rings. The van der Waals surface area contributed by atoms with E-state index in [0.717, 1.165) is 17.7 Å². The van der Waals surface area contributed by atoms with E-state index in [0.29, 0.717) is 22.6 Å². The topological polar surface area (TPSA) is 79.5 Å². The molecule has 3 aromatic rings. The smallest absolute Gasteiger partial charge is 0.406 e. The summed E-state index contributed by atoms with van der Waals surface area (Å²) in [4.78, 5) is 24.5. The largest absolute Gasteiger partial charge is 0.573 e. The molecule has 9 heteroatoms. The summed E-state index contributed by atoms with van der Waals surface area (Å²) in [6, 6.07) is 18.9. The molecule has 0 radical (unpaired) electrons. The first kappa shape index (κ1) is 22.7. The van der Waals surface area contributed by atoms with E-state index in [1.807, 2.05) is 13.0 Å². The number of nitrogens with one attached hydrogen (secondary N) is 3. The lowest BCUT2D eigenvalue weighted by molar-refractivity contribution is -0.274.